The van der Waals surface area contributed by atoms with E-state index in [4.69, 9.17) is 5.73 Å². The molecule has 6 heteroatoms. The number of nitrogens with zero attached hydrogens (tertiary/aromatic N) is 1. The summed E-state index contributed by atoms with van der Waals surface area (Å²) in [5.41, 5.74) is 6.89. The molecule has 0 unspecified atom stereocenters. The summed E-state index contributed by atoms with van der Waals surface area (Å²) in [5.74, 6) is -0.0428. The monoisotopic (exact) mass is 339 g/mol. The molecule has 1 aromatic carbocycles. The number of likely N-dealkylation sites (tertiary alicyclic amines) is 1. The number of piperidine rings is 1. The van der Waals surface area contributed by atoms with E-state index in [1.165, 1.54) is 6.92 Å². The molecular weight excluding hydrogens is 322 g/mol. The molecule has 0 spiro atoms. The van der Waals surface area contributed by atoms with Gasteiger partial charge in [0.15, 0.2) is 0 Å². The van der Waals surface area contributed by atoms with Crippen LogP contribution in [0.5, 0.6) is 0 Å². The maximum absolute atomic E-state index is 12.5. The predicted octanol–water partition coefficient (Wildman–Crippen LogP) is 1.77. The Kier molecular flexibility index (Phi) is 4.65. The van der Waals surface area contributed by atoms with Gasteiger partial charge in [0.25, 0.3) is 5.91 Å². The lowest BCUT2D eigenvalue weighted by Gasteiger charge is -2.32. The largest absolute Gasteiger partial charge is 0.399 e. The highest BCUT2D eigenvalue weighted by atomic mass is 79.9. The second-order valence-corrected chi connectivity index (χ2v) is 5.86. The van der Waals surface area contributed by atoms with Crippen LogP contribution in [0.15, 0.2) is 22.7 Å². The molecule has 0 aliphatic carbocycles. The highest BCUT2D eigenvalue weighted by Gasteiger charge is 2.25. The minimum atomic E-state index is -0.0227. The first-order chi connectivity index (χ1) is 9.47. The zero-order chi connectivity index (χ0) is 14.7. The number of nitrogens with one attached hydrogen (secondary N) is 1. The number of nitrogen functional groups attached to an aromatic ring is 1. The zero-order valence-electron chi connectivity index (χ0n) is 11.4. The molecule has 0 bridgehead atoms. The Hall–Kier alpha value is -1.56. The van der Waals surface area contributed by atoms with Crippen LogP contribution in [0.4, 0.5) is 5.69 Å². The Balaban J connectivity index is 2.01. The fourth-order valence-electron chi connectivity index (χ4n) is 2.39. The van der Waals surface area contributed by atoms with Gasteiger partial charge in [-0.25, -0.2) is 0 Å². The number of anilines is 1. The van der Waals surface area contributed by atoms with Crippen molar-refractivity contribution in [2.45, 2.75) is 25.8 Å². The molecule has 1 aromatic rings. The highest BCUT2D eigenvalue weighted by Crippen LogP contribution is 2.23. The van der Waals surface area contributed by atoms with Crippen LogP contribution in [0.25, 0.3) is 0 Å². The van der Waals surface area contributed by atoms with E-state index in [-0.39, 0.29) is 17.9 Å². The Bertz CT molecular complexity index is 525. The van der Waals surface area contributed by atoms with Crippen LogP contribution in [-0.2, 0) is 4.79 Å². The number of nitrogens with two attached hydrogens (primary N) is 1. The minimum absolute atomic E-state index is 0.0200. The topological polar surface area (TPSA) is 75.4 Å². The summed E-state index contributed by atoms with van der Waals surface area (Å²) in [5, 5.41) is 2.90. The van der Waals surface area contributed by atoms with Crippen molar-refractivity contribution in [2.24, 2.45) is 0 Å². The minimum Gasteiger partial charge on any atom is -0.399 e. The van der Waals surface area contributed by atoms with Crippen LogP contribution in [0.3, 0.4) is 0 Å². The van der Waals surface area contributed by atoms with E-state index in [1.807, 2.05) is 0 Å². The third kappa shape index (κ3) is 3.50. The van der Waals surface area contributed by atoms with Crippen LogP contribution < -0.4 is 11.1 Å². The van der Waals surface area contributed by atoms with Gasteiger partial charge < -0.3 is 16.0 Å². The Labute approximate surface area is 126 Å². The van der Waals surface area contributed by atoms with Gasteiger partial charge in [0.05, 0.1) is 5.56 Å². The van der Waals surface area contributed by atoms with Crippen molar-refractivity contribution in [3.8, 4) is 0 Å². The molecule has 1 aliphatic rings. The first kappa shape index (κ1) is 14.8. The fourth-order valence-corrected chi connectivity index (χ4v) is 2.81. The molecule has 0 aromatic heterocycles. The Morgan fingerprint density at radius 1 is 1.35 bits per heavy atom. The number of hydrogen-bond donors (Lipinski definition) is 2. The average Bonchev–Trinajstić information content (AvgIpc) is 2.41. The van der Waals surface area contributed by atoms with Gasteiger partial charge in [-0.05, 0) is 47.0 Å². The van der Waals surface area contributed by atoms with Gasteiger partial charge in [0, 0.05) is 36.2 Å². The van der Waals surface area contributed by atoms with E-state index >= 15 is 0 Å². The highest BCUT2D eigenvalue weighted by molar-refractivity contribution is 9.10. The number of rotatable bonds is 2. The van der Waals surface area contributed by atoms with Crippen molar-refractivity contribution in [3.05, 3.63) is 28.2 Å². The SMILES string of the molecule is CC(=O)NC1CCN(C(=O)c2cc(N)ccc2Br)CC1. The second kappa shape index (κ2) is 6.26. The van der Waals surface area contributed by atoms with Crippen LogP contribution in [0, 0.1) is 0 Å². The van der Waals surface area contributed by atoms with Gasteiger partial charge in [-0.3, -0.25) is 9.59 Å². The van der Waals surface area contributed by atoms with Crippen molar-refractivity contribution in [3.63, 3.8) is 0 Å². The van der Waals surface area contributed by atoms with E-state index in [2.05, 4.69) is 21.2 Å². The lowest BCUT2D eigenvalue weighted by molar-refractivity contribution is -0.119. The van der Waals surface area contributed by atoms with E-state index < -0.39 is 0 Å². The summed E-state index contributed by atoms with van der Waals surface area (Å²) < 4.78 is 0.751. The third-order valence-electron chi connectivity index (χ3n) is 3.41. The van der Waals surface area contributed by atoms with Crippen LogP contribution >= 0.6 is 15.9 Å². The molecule has 2 rings (SSSR count). The standard InChI is InChI=1S/C14H18BrN3O2/c1-9(19)17-11-4-6-18(7-5-11)14(20)12-8-10(16)2-3-13(12)15/h2-3,8,11H,4-7,16H2,1H3,(H,17,19). The van der Waals surface area contributed by atoms with Crippen LogP contribution in [-0.4, -0.2) is 35.8 Å². The van der Waals surface area contributed by atoms with Gasteiger partial charge in [-0.15, -0.1) is 0 Å². The normalized spacial score (nSPS) is 16.0. The number of amides is 2. The quantitative estimate of drug-likeness (QED) is 0.806. The number of hydrogen-bond acceptors (Lipinski definition) is 3. The van der Waals surface area contributed by atoms with E-state index in [9.17, 15) is 9.59 Å². The van der Waals surface area contributed by atoms with Gasteiger partial charge in [0.1, 0.15) is 0 Å². The smallest absolute Gasteiger partial charge is 0.255 e. The van der Waals surface area contributed by atoms with Gasteiger partial charge in [-0.2, -0.15) is 0 Å². The summed E-state index contributed by atoms with van der Waals surface area (Å²) in [6, 6.07) is 5.39. The number of carbonyl (C=O) groups excluding carboxylic acids is 2. The van der Waals surface area contributed by atoms with E-state index in [0.29, 0.717) is 24.3 Å². The molecule has 3 N–H and O–H groups in total. The van der Waals surface area contributed by atoms with Gasteiger partial charge in [-0.1, -0.05) is 0 Å². The van der Waals surface area contributed by atoms with Gasteiger partial charge >= 0.3 is 0 Å². The van der Waals surface area contributed by atoms with Crippen molar-refractivity contribution >= 4 is 33.4 Å². The molecule has 2 amide bonds. The molecule has 1 fully saturated rings. The van der Waals surface area contributed by atoms with Crippen molar-refractivity contribution in [1.82, 2.24) is 10.2 Å². The van der Waals surface area contributed by atoms with E-state index in [1.54, 1.807) is 23.1 Å². The molecule has 1 heterocycles. The summed E-state index contributed by atoms with van der Waals surface area (Å²) in [4.78, 5) is 25.3. The average molecular weight is 340 g/mol. The first-order valence-electron chi connectivity index (χ1n) is 6.59. The molecule has 0 saturated carbocycles. The van der Waals surface area contributed by atoms with Crippen LogP contribution in [0.2, 0.25) is 0 Å². The molecular formula is C14H18BrN3O2. The van der Waals surface area contributed by atoms with Crippen LogP contribution in [0.1, 0.15) is 30.1 Å². The van der Waals surface area contributed by atoms with E-state index in [0.717, 1.165) is 17.3 Å². The number of halogens is 1. The summed E-state index contributed by atoms with van der Waals surface area (Å²) in [7, 11) is 0. The molecule has 0 atom stereocenters. The summed E-state index contributed by atoms with van der Waals surface area (Å²) in [6.07, 6.45) is 1.57. The first-order valence-corrected chi connectivity index (χ1v) is 7.38. The van der Waals surface area contributed by atoms with Crippen molar-refractivity contribution in [1.29, 1.82) is 0 Å². The van der Waals surface area contributed by atoms with Crippen molar-refractivity contribution in [2.75, 3.05) is 18.8 Å². The lowest BCUT2D eigenvalue weighted by atomic mass is 10.0. The molecule has 108 valence electrons. The lowest BCUT2D eigenvalue weighted by Crippen LogP contribution is -2.46. The predicted molar refractivity (Wildman–Crippen MR) is 81.3 cm³/mol. The maximum atomic E-state index is 12.5. The third-order valence-corrected chi connectivity index (χ3v) is 4.10. The van der Waals surface area contributed by atoms with Gasteiger partial charge in [0.2, 0.25) is 5.91 Å². The zero-order valence-corrected chi connectivity index (χ0v) is 12.9. The molecule has 20 heavy (non-hydrogen) atoms. The molecule has 1 saturated heterocycles. The number of carbonyl (C=O) groups is 2. The summed E-state index contributed by atoms with van der Waals surface area (Å²) in [6.45, 7) is 2.80. The fraction of sp³-hybridized carbons (Fsp3) is 0.429. The maximum Gasteiger partial charge on any atom is 0.255 e. The molecule has 5 nitrogen and oxygen atoms in total. The summed E-state index contributed by atoms with van der Waals surface area (Å²) >= 11 is 3.38. The van der Waals surface area contributed by atoms with Crippen molar-refractivity contribution < 1.29 is 9.59 Å². The number of benzene rings is 1. The molecule has 0 radical (unpaired) electrons. The second-order valence-electron chi connectivity index (χ2n) is 5.01. The Morgan fingerprint density at radius 3 is 2.60 bits per heavy atom. The molecule has 1 aliphatic heterocycles. The Morgan fingerprint density at radius 2 is 2.00 bits per heavy atom.